The van der Waals surface area contributed by atoms with Crippen LogP contribution in [0.5, 0.6) is 0 Å². The molecule has 29 heavy (non-hydrogen) atoms. The van der Waals surface area contributed by atoms with Gasteiger partial charge in [0.25, 0.3) is 0 Å². The minimum absolute atomic E-state index is 0.0322. The van der Waals surface area contributed by atoms with Crippen molar-refractivity contribution in [2.24, 2.45) is 11.7 Å². The number of aryl methyl sites for hydroxylation is 2. The van der Waals surface area contributed by atoms with Crippen molar-refractivity contribution in [3.05, 3.63) is 58.7 Å². The van der Waals surface area contributed by atoms with Crippen molar-refractivity contribution in [2.45, 2.75) is 46.5 Å². The maximum atomic E-state index is 12.7. The molecule has 0 aliphatic carbocycles. The topological polar surface area (TPSA) is 58.4 Å². The average molecular weight is 407 g/mol. The molecule has 7 heteroatoms. The van der Waals surface area contributed by atoms with Crippen LogP contribution in [0, 0.1) is 19.8 Å². The number of alkyl halides is 3. The van der Waals surface area contributed by atoms with Gasteiger partial charge in [0.05, 0.1) is 11.6 Å². The summed E-state index contributed by atoms with van der Waals surface area (Å²) >= 11 is 0. The van der Waals surface area contributed by atoms with E-state index in [-0.39, 0.29) is 11.8 Å². The van der Waals surface area contributed by atoms with E-state index in [0.29, 0.717) is 6.54 Å². The first-order chi connectivity index (χ1) is 13.4. The molecule has 1 unspecified atom stereocenters. The molecule has 0 radical (unpaired) electrons. The highest BCUT2D eigenvalue weighted by atomic mass is 19.4. The number of halogens is 3. The molecule has 4 nitrogen and oxygen atoms in total. The number of anilines is 2. The second-order valence-corrected chi connectivity index (χ2v) is 7.76. The zero-order valence-corrected chi connectivity index (χ0v) is 17.4. The Bertz CT molecular complexity index is 838. The van der Waals surface area contributed by atoms with Gasteiger partial charge in [-0.15, -0.1) is 0 Å². The molecule has 0 bridgehead atoms. The van der Waals surface area contributed by atoms with Crippen LogP contribution in [0.2, 0.25) is 0 Å². The van der Waals surface area contributed by atoms with E-state index >= 15 is 0 Å². The molecular formula is C22H28F3N3O. The summed E-state index contributed by atoms with van der Waals surface area (Å²) in [5, 5.41) is 2.91. The minimum atomic E-state index is -4.34. The van der Waals surface area contributed by atoms with Crippen molar-refractivity contribution in [3.63, 3.8) is 0 Å². The third kappa shape index (κ3) is 5.73. The fourth-order valence-corrected chi connectivity index (χ4v) is 3.03. The number of nitrogens with two attached hydrogens (primary N) is 1. The number of hydrogen-bond donors (Lipinski definition) is 2. The smallest absolute Gasteiger partial charge is 0.370 e. The van der Waals surface area contributed by atoms with Gasteiger partial charge in [0.15, 0.2) is 0 Å². The van der Waals surface area contributed by atoms with Gasteiger partial charge in [0.1, 0.15) is 0 Å². The van der Waals surface area contributed by atoms with Crippen LogP contribution in [0.4, 0.5) is 24.5 Å². The Kier molecular flexibility index (Phi) is 6.95. The third-order valence-corrected chi connectivity index (χ3v) is 4.93. The molecule has 0 aromatic heterocycles. The molecule has 0 aliphatic heterocycles. The lowest BCUT2D eigenvalue weighted by molar-refractivity contribution is -0.137. The van der Waals surface area contributed by atoms with Crippen molar-refractivity contribution in [2.75, 3.05) is 17.3 Å². The quantitative estimate of drug-likeness (QED) is 0.718. The molecule has 1 atom stereocenters. The highest BCUT2D eigenvalue weighted by Gasteiger charge is 2.30. The van der Waals surface area contributed by atoms with E-state index in [4.69, 9.17) is 5.73 Å². The van der Waals surface area contributed by atoms with Gasteiger partial charge in [-0.3, -0.25) is 4.79 Å². The van der Waals surface area contributed by atoms with Crippen LogP contribution < -0.4 is 16.0 Å². The second-order valence-electron chi connectivity index (χ2n) is 7.76. The summed E-state index contributed by atoms with van der Waals surface area (Å²) in [6, 6.07) is 8.45. The van der Waals surface area contributed by atoms with Crippen LogP contribution in [-0.2, 0) is 17.5 Å². The summed E-state index contributed by atoms with van der Waals surface area (Å²) in [6.45, 7) is 8.05. The summed E-state index contributed by atoms with van der Waals surface area (Å²) in [5.41, 5.74) is 9.46. The standard InChI is InChI=1S/C22H28F3N3O/c1-13(2)19(26)21(29)27-20-14(3)10-18(11-15(20)4)28(5)12-16-6-8-17(9-7-16)22(23,24)25/h6-11,13,19H,12,26H2,1-5H3,(H,27,29). The molecule has 2 aromatic rings. The number of carbonyl (C=O) groups excluding carboxylic acids is 1. The molecule has 0 aliphatic rings. The van der Waals surface area contributed by atoms with Gasteiger partial charge >= 0.3 is 6.18 Å². The molecule has 0 fully saturated rings. The normalized spacial score (nSPS) is 12.8. The van der Waals surface area contributed by atoms with Gasteiger partial charge in [0, 0.05) is 25.0 Å². The Hall–Kier alpha value is -2.54. The van der Waals surface area contributed by atoms with Crippen molar-refractivity contribution in [3.8, 4) is 0 Å². The van der Waals surface area contributed by atoms with Crippen LogP contribution in [0.1, 0.15) is 36.1 Å². The lowest BCUT2D eigenvalue weighted by Crippen LogP contribution is -2.40. The SMILES string of the molecule is Cc1cc(N(C)Cc2ccc(C(F)(F)F)cc2)cc(C)c1NC(=O)C(N)C(C)C. The van der Waals surface area contributed by atoms with Crippen molar-refractivity contribution < 1.29 is 18.0 Å². The number of benzene rings is 2. The lowest BCUT2D eigenvalue weighted by atomic mass is 10.0. The van der Waals surface area contributed by atoms with Crippen molar-refractivity contribution >= 4 is 17.3 Å². The number of rotatable bonds is 6. The van der Waals surface area contributed by atoms with Crippen molar-refractivity contribution in [1.82, 2.24) is 0 Å². The highest BCUT2D eigenvalue weighted by molar-refractivity contribution is 5.96. The Morgan fingerprint density at radius 1 is 1.10 bits per heavy atom. The highest BCUT2D eigenvalue weighted by Crippen LogP contribution is 2.30. The van der Waals surface area contributed by atoms with E-state index in [0.717, 1.165) is 40.2 Å². The number of amides is 1. The van der Waals surface area contributed by atoms with Gasteiger partial charge < -0.3 is 16.0 Å². The third-order valence-electron chi connectivity index (χ3n) is 4.93. The molecule has 0 spiro atoms. The fraction of sp³-hybridized carbons (Fsp3) is 0.409. The molecule has 0 saturated heterocycles. The molecular weight excluding hydrogens is 379 g/mol. The molecule has 1 amide bonds. The Morgan fingerprint density at radius 3 is 2.07 bits per heavy atom. The first-order valence-corrected chi connectivity index (χ1v) is 9.45. The van der Waals surface area contributed by atoms with Gasteiger partial charge in [-0.2, -0.15) is 13.2 Å². The molecule has 0 heterocycles. The summed E-state index contributed by atoms with van der Waals surface area (Å²) in [5.74, 6) is -0.193. The molecule has 158 valence electrons. The number of nitrogens with zero attached hydrogens (tertiary/aromatic N) is 1. The number of carbonyl (C=O) groups is 1. The van der Waals surface area contributed by atoms with Gasteiger partial charge in [-0.1, -0.05) is 26.0 Å². The van der Waals surface area contributed by atoms with Crippen LogP contribution >= 0.6 is 0 Å². The second kappa shape index (κ2) is 8.86. The van der Waals surface area contributed by atoms with Crippen LogP contribution in [0.3, 0.4) is 0 Å². The predicted molar refractivity (Wildman–Crippen MR) is 111 cm³/mol. The summed E-state index contributed by atoms with van der Waals surface area (Å²) in [6.07, 6.45) is -4.34. The fourth-order valence-electron chi connectivity index (χ4n) is 3.03. The maximum Gasteiger partial charge on any atom is 0.416 e. The monoisotopic (exact) mass is 407 g/mol. The first-order valence-electron chi connectivity index (χ1n) is 9.45. The minimum Gasteiger partial charge on any atom is -0.370 e. The average Bonchev–Trinajstić information content (AvgIpc) is 2.63. The summed E-state index contributed by atoms with van der Waals surface area (Å²) in [7, 11) is 1.87. The molecule has 2 rings (SSSR count). The van der Waals surface area contributed by atoms with E-state index in [1.165, 1.54) is 12.1 Å². The molecule has 0 saturated carbocycles. The molecule has 2 aromatic carbocycles. The van der Waals surface area contributed by atoms with Gasteiger partial charge in [-0.05, 0) is 60.7 Å². The first kappa shape index (κ1) is 22.7. The van der Waals surface area contributed by atoms with E-state index in [2.05, 4.69) is 5.32 Å². The van der Waals surface area contributed by atoms with E-state index in [1.807, 2.05) is 51.8 Å². The van der Waals surface area contributed by atoms with Crippen LogP contribution in [0.25, 0.3) is 0 Å². The van der Waals surface area contributed by atoms with Gasteiger partial charge in [0.2, 0.25) is 5.91 Å². The van der Waals surface area contributed by atoms with Crippen LogP contribution in [-0.4, -0.2) is 19.0 Å². The Labute approximate surface area is 169 Å². The van der Waals surface area contributed by atoms with E-state index in [9.17, 15) is 18.0 Å². The lowest BCUT2D eigenvalue weighted by Gasteiger charge is -2.23. The van der Waals surface area contributed by atoms with E-state index < -0.39 is 17.8 Å². The Balaban J connectivity index is 2.16. The van der Waals surface area contributed by atoms with Crippen molar-refractivity contribution in [1.29, 1.82) is 0 Å². The number of hydrogen-bond acceptors (Lipinski definition) is 3. The zero-order chi connectivity index (χ0) is 21.9. The Morgan fingerprint density at radius 2 is 1.62 bits per heavy atom. The zero-order valence-electron chi connectivity index (χ0n) is 17.4. The van der Waals surface area contributed by atoms with Crippen LogP contribution in [0.15, 0.2) is 36.4 Å². The van der Waals surface area contributed by atoms with Gasteiger partial charge in [-0.25, -0.2) is 0 Å². The number of nitrogens with one attached hydrogen (secondary N) is 1. The maximum absolute atomic E-state index is 12.7. The predicted octanol–water partition coefficient (Wildman–Crippen LogP) is 4.88. The molecule has 3 N–H and O–H groups in total. The largest absolute Gasteiger partial charge is 0.416 e. The summed E-state index contributed by atoms with van der Waals surface area (Å²) in [4.78, 5) is 14.2. The summed E-state index contributed by atoms with van der Waals surface area (Å²) < 4.78 is 38.1. The van der Waals surface area contributed by atoms with E-state index in [1.54, 1.807) is 0 Å².